The topological polar surface area (TPSA) is 21.3 Å². The number of nitrogens with one attached hydrogen (secondary N) is 1. The van der Waals surface area contributed by atoms with Crippen LogP contribution in [0.25, 0.3) is 10.4 Å². The Morgan fingerprint density at radius 1 is 1.20 bits per heavy atom. The predicted molar refractivity (Wildman–Crippen MR) is 93.7 cm³/mol. The lowest BCUT2D eigenvalue weighted by atomic mass is 10.2. The smallest absolute Gasteiger partial charge is 0.133 e. The number of benzene rings is 1. The molecule has 2 nitrogen and oxygen atoms in total. The minimum atomic E-state index is 0.500. The number of hydrogen-bond donors (Lipinski definition) is 1. The minimum Gasteiger partial charge on any atom is -0.496 e. The maximum atomic E-state index is 5.37. The number of methoxy groups -OCH3 is 1. The van der Waals surface area contributed by atoms with Crippen LogP contribution in [-0.2, 0) is 6.54 Å². The molecule has 0 unspecified atom stereocenters. The zero-order chi connectivity index (χ0) is 14.7. The molecule has 0 aliphatic heterocycles. The number of ether oxygens (including phenoxy) is 1. The second kappa shape index (κ2) is 7.07. The average Bonchev–Trinajstić information content (AvgIpc) is 2.85. The Labute approximate surface area is 140 Å². The molecular weight excluding hydrogens is 402 g/mol. The second-order valence-corrected chi connectivity index (χ2v) is 7.65. The lowest BCUT2D eigenvalue weighted by Crippen LogP contribution is -2.21. The fourth-order valence-corrected chi connectivity index (χ4v) is 4.29. The van der Waals surface area contributed by atoms with E-state index in [2.05, 4.69) is 69.2 Å². The van der Waals surface area contributed by atoms with Crippen molar-refractivity contribution in [3.8, 4) is 16.2 Å². The second-order valence-electron chi connectivity index (χ2n) is 4.77. The quantitative estimate of drug-likeness (QED) is 0.697. The van der Waals surface area contributed by atoms with Gasteiger partial charge >= 0.3 is 0 Å². The molecule has 2 rings (SSSR count). The van der Waals surface area contributed by atoms with Gasteiger partial charge in [0.2, 0.25) is 0 Å². The van der Waals surface area contributed by atoms with Gasteiger partial charge in [0.15, 0.2) is 0 Å². The van der Waals surface area contributed by atoms with E-state index < -0.39 is 0 Å². The van der Waals surface area contributed by atoms with E-state index in [1.54, 1.807) is 18.4 Å². The maximum Gasteiger partial charge on any atom is 0.133 e. The van der Waals surface area contributed by atoms with Crippen LogP contribution in [0.4, 0.5) is 0 Å². The highest BCUT2D eigenvalue weighted by Crippen LogP contribution is 2.39. The van der Waals surface area contributed by atoms with Crippen molar-refractivity contribution in [1.82, 2.24) is 5.32 Å². The molecule has 0 saturated heterocycles. The SMILES string of the molecule is COc1cc(-c2ccc(CNC(C)C)s2)c(Br)cc1Br. The molecule has 0 saturated carbocycles. The first-order valence-corrected chi connectivity index (χ1v) is 8.77. The van der Waals surface area contributed by atoms with Gasteiger partial charge in [-0.25, -0.2) is 0 Å². The van der Waals surface area contributed by atoms with E-state index in [0.717, 1.165) is 26.8 Å². The van der Waals surface area contributed by atoms with Crippen molar-refractivity contribution in [3.05, 3.63) is 38.1 Å². The molecule has 1 aromatic heterocycles. The monoisotopic (exact) mass is 417 g/mol. The number of thiophene rings is 1. The Balaban J connectivity index is 2.27. The molecule has 0 amide bonds. The zero-order valence-corrected chi connectivity index (χ0v) is 15.7. The Bertz CT molecular complexity index is 596. The van der Waals surface area contributed by atoms with Crippen LogP contribution in [0, 0.1) is 0 Å². The summed E-state index contributed by atoms with van der Waals surface area (Å²) in [6.45, 7) is 5.23. The van der Waals surface area contributed by atoms with Crippen molar-refractivity contribution in [3.63, 3.8) is 0 Å². The zero-order valence-electron chi connectivity index (χ0n) is 11.7. The highest BCUT2D eigenvalue weighted by molar-refractivity contribution is 9.11. The number of halogens is 2. The Morgan fingerprint density at radius 2 is 1.95 bits per heavy atom. The summed E-state index contributed by atoms with van der Waals surface area (Å²) < 4.78 is 7.39. The number of hydrogen-bond acceptors (Lipinski definition) is 3. The molecule has 0 atom stereocenters. The normalized spacial score (nSPS) is 11.1. The van der Waals surface area contributed by atoms with Crippen molar-refractivity contribution >= 4 is 43.2 Å². The lowest BCUT2D eigenvalue weighted by Gasteiger charge is -2.08. The van der Waals surface area contributed by atoms with Crippen LogP contribution in [0.2, 0.25) is 0 Å². The van der Waals surface area contributed by atoms with E-state index in [1.165, 1.54) is 9.75 Å². The van der Waals surface area contributed by atoms with E-state index in [-0.39, 0.29) is 0 Å². The van der Waals surface area contributed by atoms with Gasteiger partial charge in [-0.3, -0.25) is 0 Å². The molecule has 0 fully saturated rings. The predicted octanol–water partition coefficient (Wildman–Crippen LogP) is 5.45. The first-order valence-electron chi connectivity index (χ1n) is 6.36. The molecule has 20 heavy (non-hydrogen) atoms. The highest BCUT2D eigenvalue weighted by atomic mass is 79.9. The van der Waals surface area contributed by atoms with Gasteiger partial charge in [-0.15, -0.1) is 11.3 Å². The Kier molecular flexibility index (Phi) is 5.66. The van der Waals surface area contributed by atoms with Crippen LogP contribution in [0.5, 0.6) is 5.75 Å². The number of rotatable bonds is 5. The molecule has 2 aromatic rings. The molecule has 1 aromatic carbocycles. The molecule has 5 heteroatoms. The summed E-state index contributed by atoms with van der Waals surface area (Å²) in [4.78, 5) is 2.57. The van der Waals surface area contributed by atoms with E-state index in [4.69, 9.17) is 4.74 Å². The summed E-state index contributed by atoms with van der Waals surface area (Å²) in [5, 5.41) is 3.44. The molecule has 1 N–H and O–H groups in total. The van der Waals surface area contributed by atoms with Crippen LogP contribution < -0.4 is 10.1 Å². The largest absolute Gasteiger partial charge is 0.496 e. The summed E-state index contributed by atoms with van der Waals surface area (Å²) in [6.07, 6.45) is 0. The van der Waals surface area contributed by atoms with Crippen molar-refractivity contribution in [1.29, 1.82) is 0 Å². The summed E-state index contributed by atoms with van der Waals surface area (Å²) in [5.41, 5.74) is 1.16. The molecule has 0 radical (unpaired) electrons. The van der Waals surface area contributed by atoms with Crippen LogP contribution in [0.3, 0.4) is 0 Å². The minimum absolute atomic E-state index is 0.500. The lowest BCUT2D eigenvalue weighted by molar-refractivity contribution is 0.412. The van der Waals surface area contributed by atoms with Crippen LogP contribution in [0.15, 0.2) is 33.2 Å². The van der Waals surface area contributed by atoms with Gasteiger partial charge in [-0.1, -0.05) is 29.8 Å². The fraction of sp³-hybridized carbons (Fsp3) is 0.333. The van der Waals surface area contributed by atoms with Gasteiger partial charge in [0.1, 0.15) is 5.75 Å². The van der Waals surface area contributed by atoms with Gasteiger partial charge in [0, 0.05) is 32.4 Å². The van der Waals surface area contributed by atoms with Gasteiger partial charge in [0.05, 0.1) is 11.6 Å². The average molecular weight is 419 g/mol. The van der Waals surface area contributed by atoms with E-state index >= 15 is 0 Å². The fourth-order valence-electron chi connectivity index (χ4n) is 1.80. The molecule has 108 valence electrons. The Hall–Kier alpha value is -0.360. The van der Waals surface area contributed by atoms with E-state index in [0.29, 0.717) is 6.04 Å². The van der Waals surface area contributed by atoms with Crippen molar-refractivity contribution < 1.29 is 4.74 Å². The summed E-state index contributed by atoms with van der Waals surface area (Å²) in [7, 11) is 1.68. The van der Waals surface area contributed by atoms with E-state index in [9.17, 15) is 0 Å². The molecule has 0 bridgehead atoms. The maximum absolute atomic E-state index is 5.37. The summed E-state index contributed by atoms with van der Waals surface area (Å²) in [6, 6.07) is 8.92. The molecule has 1 heterocycles. The first-order chi connectivity index (χ1) is 9.51. The molecular formula is C15H17Br2NOS. The standard InChI is InChI=1S/C15H17Br2NOS/c1-9(2)18-8-10-4-5-15(20-10)11-6-14(19-3)13(17)7-12(11)16/h4-7,9,18H,8H2,1-3H3. The van der Waals surface area contributed by atoms with Gasteiger partial charge in [-0.05, 0) is 40.2 Å². The van der Waals surface area contributed by atoms with Crippen LogP contribution in [-0.4, -0.2) is 13.2 Å². The van der Waals surface area contributed by atoms with Gasteiger partial charge in [-0.2, -0.15) is 0 Å². The molecule has 0 aliphatic carbocycles. The van der Waals surface area contributed by atoms with Crippen molar-refractivity contribution in [2.45, 2.75) is 26.4 Å². The summed E-state index contributed by atoms with van der Waals surface area (Å²) in [5.74, 6) is 0.846. The molecule has 0 spiro atoms. The first kappa shape index (κ1) is 16.0. The van der Waals surface area contributed by atoms with Gasteiger partial charge < -0.3 is 10.1 Å². The third-order valence-electron chi connectivity index (χ3n) is 2.85. The Morgan fingerprint density at radius 3 is 2.60 bits per heavy atom. The third-order valence-corrected chi connectivity index (χ3v) is 5.25. The van der Waals surface area contributed by atoms with Crippen molar-refractivity contribution in [2.75, 3.05) is 7.11 Å². The van der Waals surface area contributed by atoms with Crippen LogP contribution >= 0.6 is 43.2 Å². The highest BCUT2D eigenvalue weighted by Gasteiger charge is 2.11. The van der Waals surface area contributed by atoms with Gasteiger partial charge in [0.25, 0.3) is 0 Å². The summed E-state index contributed by atoms with van der Waals surface area (Å²) >= 11 is 8.93. The molecule has 0 aliphatic rings. The van der Waals surface area contributed by atoms with Crippen LogP contribution in [0.1, 0.15) is 18.7 Å². The third kappa shape index (κ3) is 3.85. The van der Waals surface area contributed by atoms with E-state index in [1.807, 2.05) is 6.07 Å². The van der Waals surface area contributed by atoms with Crippen molar-refractivity contribution in [2.24, 2.45) is 0 Å².